The first kappa shape index (κ1) is 16.8. The van der Waals surface area contributed by atoms with E-state index in [-0.39, 0.29) is 17.7 Å². The molecule has 0 radical (unpaired) electrons. The summed E-state index contributed by atoms with van der Waals surface area (Å²) in [5.74, 6) is 2.09. The van der Waals surface area contributed by atoms with Gasteiger partial charge in [-0.1, -0.05) is 31.1 Å². The largest absolute Gasteiger partial charge is 0.360 e. The number of aromatic amines is 1. The molecule has 1 atom stereocenters. The third-order valence-corrected chi connectivity index (χ3v) is 5.14. The first-order valence-corrected chi connectivity index (χ1v) is 9.24. The molecule has 0 aliphatic carbocycles. The van der Waals surface area contributed by atoms with Crippen LogP contribution in [0, 0.1) is 6.92 Å². The molecule has 1 saturated heterocycles. The van der Waals surface area contributed by atoms with Gasteiger partial charge < -0.3 is 14.4 Å². The molecule has 1 N–H and O–H groups in total. The summed E-state index contributed by atoms with van der Waals surface area (Å²) in [4.78, 5) is 22.9. The summed E-state index contributed by atoms with van der Waals surface area (Å²) < 4.78 is 5.29. The molecule has 0 saturated carbocycles. The minimum absolute atomic E-state index is 0.0577. The maximum Gasteiger partial charge on any atom is 0.276 e. The van der Waals surface area contributed by atoms with E-state index in [2.05, 4.69) is 23.1 Å². The lowest BCUT2D eigenvalue weighted by Crippen LogP contribution is -2.39. The van der Waals surface area contributed by atoms with Crippen LogP contribution in [0.2, 0.25) is 0 Å². The van der Waals surface area contributed by atoms with Crippen molar-refractivity contribution in [2.24, 2.45) is 0 Å². The Labute approximate surface area is 152 Å². The van der Waals surface area contributed by atoms with Gasteiger partial charge in [-0.25, -0.2) is 4.98 Å². The first-order valence-electron chi connectivity index (χ1n) is 9.24. The molecule has 26 heavy (non-hydrogen) atoms. The number of aryl methyl sites for hydroxylation is 1. The second-order valence-corrected chi connectivity index (χ2v) is 7.45. The van der Waals surface area contributed by atoms with Crippen molar-refractivity contribution in [3.05, 3.63) is 47.1 Å². The molecule has 6 nitrogen and oxygen atoms in total. The lowest BCUT2D eigenvalue weighted by atomic mass is 9.97. The van der Waals surface area contributed by atoms with E-state index in [1.165, 1.54) is 0 Å². The average molecular weight is 352 g/mol. The van der Waals surface area contributed by atoms with Crippen LogP contribution in [0.15, 0.2) is 28.8 Å². The molecule has 2 aromatic heterocycles. The molecule has 1 aromatic carbocycles. The third-order valence-electron chi connectivity index (χ3n) is 5.14. The number of benzene rings is 1. The maximum absolute atomic E-state index is 12.8. The van der Waals surface area contributed by atoms with Crippen LogP contribution >= 0.6 is 0 Å². The molecule has 4 rings (SSSR count). The van der Waals surface area contributed by atoms with Crippen LogP contribution in [0.25, 0.3) is 11.0 Å². The van der Waals surface area contributed by atoms with Gasteiger partial charge in [0, 0.05) is 31.0 Å². The van der Waals surface area contributed by atoms with E-state index in [4.69, 9.17) is 9.51 Å². The first-order chi connectivity index (χ1) is 12.5. The quantitative estimate of drug-likeness (QED) is 0.773. The topological polar surface area (TPSA) is 75.0 Å². The van der Waals surface area contributed by atoms with Gasteiger partial charge in [0.15, 0.2) is 5.69 Å². The van der Waals surface area contributed by atoms with Gasteiger partial charge in [0.25, 0.3) is 5.91 Å². The van der Waals surface area contributed by atoms with Crippen molar-refractivity contribution in [2.45, 2.75) is 45.4 Å². The SMILES string of the molecule is Cc1cccc2[nH]c(C3CCCN(C(=O)c4cc(C(C)C)on4)C3)nc12. The number of carbonyl (C=O) groups excluding carboxylic acids is 1. The molecule has 3 heterocycles. The van der Waals surface area contributed by atoms with Crippen molar-refractivity contribution in [2.75, 3.05) is 13.1 Å². The Morgan fingerprint density at radius 2 is 2.23 bits per heavy atom. The highest BCUT2D eigenvalue weighted by molar-refractivity contribution is 5.92. The van der Waals surface area contributed by atoms with Crippen LogP contribution in [0.5, 0.6) is 0 Å². The van der Waals surface area contributed by atoms with E-state index < -0.39 is 0 Å². The Morgan fingerprint density at radius 3 is 2.96 bits per heavy atom. The minimum atomic E-state index is -0.0577. The summed E-state index contributed by atoms with van der Waals surface area (Å²) in [6.45, 7) is 7.52. The number of hydrogen-bond donors (Lipinski definition) is 1. The summed E-state index contributed by atoms with van der Waals surface area (Å²) >= 11 is 0. The molecular formula is C20H24N4O2. The second kappa shape index (κ2) is 6.59. The Balaban J connectivity index is 1.54. The zero-order valence-corrected chi connectivity index (χ0v) is 15.5. The Kier molecular flexibility index (Phi) is 4.26. The van der Waals surface area contributed by atoms with Crippen LogP contribution in [-0.4, -0.2) is 39.0 Å². The number of rotatable bonds is 3. The van der Waals surface area contributed by atoms with Gasteiger partial charge in [0.05, 0.1) is 11.0 Å². The summed E-state index contributed by atoms with van der Waals surface area (Å²) in [6, 6.07) is 7.92. The van der Waals surface area contributed by atoms with E-state index in [1.807, 2.05) is 30.9 Å². The van der Waals surface area contributed by atoms with E-state index in [1.54, 1.807) is 6.07 Å². The number of para-hydroxylation sites is 1. The molecule has 3 aromatic rings. The Hall–Kier alpha value is -2.63. The van der Waals surface area contributed by atoms with Gasteiger partial charge in [-0.3, -0.25) is 4.79 Å². The molecule has 1 amide bonds. The number of piperidine rings is 1. The van der Waals surface area contributed by atoms with Crippen molar-refractivity contribution in [1.29, 1.82) is 0 Å². The summed E-state index contributed by atoms with van der Waals surface area (Å²) in [5.41, 5.74) is 3.64. The van der Waals surface area contributed by atoms with Crippen LogP contribution in [-0.2, 0) is 0 Å². The van der Waals surface area contributed by atoms with Crippen molar-refractivity contribution in [3.8, 4) is 0 Å². The zero-order valence-electron chi connectivity index (χ0n) is 15.5. The van der Waals surface area contributed by atoms with Crippen molar-refractivity contribution < 1.29 is 9.32 Å². The molecule has 6 heteroatoms. The highest BCUT2D eigenvalue weighted by Gasteiger charge is 2.29. The van der Waals surface area contributed by atoms with E-state index in [0.717, 1.165) is 47.6 Å². The average Bonchev–Trinajstić information content (AvgIpc) is 3.29. The highest BCUT2D eigenvalue weighted by atomic mass is 16.5. The van der Waals surface area contributed by atoms with Crippen LogP contribution in [0.1, 0.15) is 66.2 Å². The zero-order chi connectivity index (χ0) is 18.3. The number of H-pyrrole nitrogens is 1. The van der Waals surface area contributed by atoms with Gasteiger partial charge in [-0.05, 0) is 31.4 Å². The predicted octanol–water partition coefficient (Wildman–Crippen LogP) is 4.00. The molecule has 1 unspecified atom stereocenters. The fourth-order valence-corrected chi connectivity index (χ4v) is 3.60. The summed E-state index contributed by atoms with van der Waals surface area (Å²) in [7, 11) is 0. The lowest BCUT2D eigenvalue weighted by Gasteiger charge is -2.31. The van der Waals surface area contributed by atoms with Crippen LogP contribution < -0.4 is 0 Å². The standard InChI is InChI=1S/C20H24N4O2/c1-12(2)17-10-16(23-26-17)20(25)24-9-5-7-14(11-24)19-21-15-8-4-6-13(3)18(15)22-19/h4,6,8,10,12,14H,5,7,9,11H2,1-3H3,(H,21,22). The smallest absolute Gasteiger partial charge is 0.276 e. The molecule has 0 spiro atoms. The number of likely N-dealkylation sites (tertiary alicyclic amines) is 1. The molecule has 136 valence electrons. The lowest BCUT2D eigenvalue weighted by molar-refractivity contribution is 0.0694. The normalized spacial score (nSPS) is 18.0. The van der Waals surface area contributed by atoms with Gasteiger partial charge in [-0.15, -0.1) is 0 Å². The van der Waals surface area contributed by atoms with Crippen molar-refractivity contribution >= 4 is 16.9 Å². The fourth-order valence-electron chi connectivity index (χ4n) is 3.60. The van der Waals surface area contributed by atoms with Gasteiger partial charge >= 0.3 is 0 Å². The predicted molar refractivity (Wildman–Crippen MR) is 99.3 cm³/mol. The number of nitrogens with one attached hydrogen (secondary N) is 1. The second-order valence-electron chi connectivity index (χ2n) is 7.45. The Morgan fingerprint density at radius 1 is 1.38 bits per heavy atom. The van der Waals surface area contributed by atoms with Crippen LogP contribution in [0.3, 0.4) is 0 Å². The molecular weight excluding hydrogens is 328 g/mol. The monoisotopic (exact) mass is 352 g/mol. The van der Waals surface area contributed by atoms with E-state index in [9.17, 15) is 4.79 Å². The van der Waals surface area contributed by atoms with Crippen molar-refractivity contribution in [3.63, 3.8) is 0 Å². The number of imidazole rings is 1. The summed E-state index contributed by atoms with van der Waals surface area (Å²) in [6.07, 6.45) is 1.99. The highest BCUT2D eigenvalue weighted by Crippen LogP contribution is 2.28. The summed E-state index contributed by atoms with van der Waals surface area (Å²) in [5, 5.41) is 3.97. The molecule has 1 aliphatic heterocycles. The van der Waals surface area contributed by atoms with E-state index in [0.29, 0.717) is 12.2 Å². The maximum atomic E-state index is 12.8. The van der Waals surface area contributed by atoms with Crippen LogP contribution in [0.4, 0.5) is 0 Å². The fraction of sp³-hybridized carbons (Fsp3) is 0.450. The minimum Gasteiger partial charge on any atom is -0.360 e. The van der Waals surface area contributed by atoms with E-state index >= 15 is 0 Å². The number of amides is 1. The number of carbonyl (C=O) groups is 1. The van der Waals surface area contributed by atoms with Gasteiger partial charge in [-0.2, -0.15) is 0 Å². The number of hydrogen-bond acceptors (Lipinski definition) is 4. The molecule has 1 aliphatic rings. The molecule has 1 fully saturated rings. The Bertz CT molecular complexity index is 940. The van der Waals surface area contributed by atoms with Gasteiger partial charge in [0.2, 0.25) is 0 Å². The number of aromatic nitrogens is 3. The van der Waals surface area contributed by atoms with Crippen molar-refractivity contribution in [1.82, 2.24) is 20.0 Å². The number of nitrogens with zero attached hydrogens (tertiary/aromatic N) is 3. The third kappa shape index (κ3) is 3.00. The molecule has 0 bridgehead atoms. The van der Waals surface area contributed by atoms with Gasteiger partial charge in [0.1, 0.15) is 11.6 Å². The number of fused-ring (bicyclic) bond motifs is 1.